The van der Waals surface area contributed by atoms with Gasteiger partial charge in [-0.15, -0.1) is 0 Å². The zero-order valence-corrected chi connectivity index (χ0v) is 29.8. The Bertz CT molecular complexity index is 1520. The van der Waals surface area contributed by atoms with Crippen LogP contribution in [-0.4, -0.2) is 58.6 Å². The van der Waals surface area contributed by atoms with Gasteiger partial charge in [-0.25, -0.2) is 9.59 Å². The van der Waals surface area contributed by atoms with Crippen LogP contribution in [0.15, 0.2) is 78.9 Å². The number of esters is 1. The van der Waals surface area contributed by atoms with Gasteiger partial charge in [0.05, 0.1) is 0 Å². The van der Waals surface area contributed by atoms with Crippen molar-refractivity contribution in [1.82, 2.24) is 15.5 Å². The quantitative estimate of drug-likeness (QED) is 0.218. The summed E-state index contributed by atoms with van der Waals surface area (Å²) in [5.74, 6) is -1.58. The van der Waals surface area contributed by atoms with Gasteiger partial charge in [-0.05, 0) is 90.1 Å². The Morgan fingerprint density at radius 3 is 1.60 bits per heavy atom. The topological polar surface area (TPSA) is 114 Å². The van der Waals surface area contributed by atoms with E-state index in [4.69, 9.17) is 9.47 Å². The van der Waals surface area contributed by atoms with Gasteiger partial charge in [-0.1, -0.05) is 78.9 Å². The first-order valence-electron chi connectivity index (χ1n) is 16.5. The molecule has 3 aromatic rings. The van der Waals surface area contributed by atoms with E-state index in [1.807, 2.05) is 92.7 Å². The van der Waals surface area contributed by atoms with Crippen LogP contribution in [-0.2, 0) is 36.7 Å². The number of benzene rings is 3. The fraction of sp³-hybridized carbons (Fsp3) is 0.436. The number of nitrogens with one attached hydrogen (secondary N) is 2. The minimum absolute atomic E-state index is 0.141. The maximum atomic E-state index is 14.6. The van der Waals surface area contributed by atoms with Crippen LogP contribution in [0.3, 0.4) is 0 Å². The highest BCUT2D eigenvalue weighted by Crippen LogP contribution is 2.29. The maximum absolute atomic E-state index is 14.6. The second kappa shape index (κ2) is 16.4. The van der Waals surface area contributed by atoms with Gasteiger partial charge in [0, 0.05) is 19.4 Å². The fourth-order valence-corrected chi connectivity index (χ4v) is 5.52. The van der Waals surface area contributed by atoms with Crippen LogP contribution < -0.4 is 10.6 Å². The Hall–Kier alpha value is -4.66. The molecule has 3 aromatic carbocycles. The standard InChI is InChI=1S/C39H51N3O6/c1-10-42(35(44)30(24-28-20-13-11-14-21-28)41-37(46)48-39(7,8)9)33(32-26(2)18-17-19-27(32)3)34(43)40-31(36(45)47-38(4,5)6)25-29-22-15-12-16-23-29/h11-23,30-31,33H,10,24-25H2,1-9H3,(H,40,43)(H,41,46). The highest BCUT2D eigenvalue weighted by atomic mass is 16.6. The minimum atomic E-state index is -1.12. The lowest BCUT2D eigenvalue weighted by Gasteiger charge is -2.36. The van der Waals surface area contributed by atoms with Crippen molar-refractivity contribution in [3.8, 4) is 0 Å². The van der Waals surface area contributed by atoms with E-state index >= 15 is 0 Å². The summed E-state index contributed by atoms with van der Waals surface area (Å²) in [5, 5.41) is 5.72. The molecule has 258 valence electrons. The molecular weight excluding hydrogens is 606 g/mol. The summed E-state index contributed by atoms with van der Waals surface area (Å²) in [4.78, 5) is 57.2. The molecular formula is C39H51N3O6. The molecule has 48 heavy (non-hydrogen) atoms. The van der Waals surface area contributed by atoms with Crippen LogP contribution in [0.25, 0.3) is 0 Å². The largest absolute Gasteiger partial charge is 0.458 e. The van der Waals surface area contributed by atoms with Crippen LogP contribution in [0.1, 0.15) is 82.3 Å². The highest BCUT2D eigenvalue weighted by molar-refractivity contribution is 5.94. The van der Waals surface area contributed by atoms with Crippen molar-refractivity contribution >= 4 is 23.9 Å². The molecule has 3 rings (SSSR count). The molecule has 3 amide bonds. The number of amides is 3. The molecule has 3 atom stereocenters. The normalized spacial score (nSPS) is 13.4. The predicted octanol–water partition coefficient (Wildman–Crippen LogP) is 6.40. The summed E-state index contributed by atoms with van der Waals surface area (Å²) in [5.41, 5.74) is 2.34. The molecule has 0 aliphatic carbocycles. The molecule has 0 aromatic heterocycles. The number of hydrogen-bond acceptors (Lipinski definition) is 6. The lowest BCUT2D eigenvalue weighted by molar-refractivity contribution is -0.159. The van der Waals surface area contributed by atoms with E-state index in [2.05, 4.69) is 10.6 Å². The maximum Gasteiger partial charge on any atom is 0.408 e. The van der Waals surface area contributed by atoms with E-state index < -0.39 is 53.2 Å². The van der Waals surface area contributed by atoms with Crippen LogP contribution in [0.4, 0.5) is 4.79 Å². The number of aryl methyl sites for hydroxylation is 2. The van der Waals surface area contributed by atoms with Crippen LogP contribution in [0.2, 0.25) is 0 Å². The van der Waals surface area contributed by atoms with Crippen molar-refractivity contribution in [1.29, 1.82) is 0 Å². The molecule has 3 unspecified atom stereocenters. The lowest BCUT2D eigenvalue weighted by Crippen LogP contribution is -2.55. The number of rotatable bonds is 12. The number of ether oxygens (including phenoxy) is 2. The van der Waals surface area contributed by atoms with E-state index in [0.717, 1.165) is 22.3 Å². The van der Waals surface area contributed by atoms with E-state index in [-0.39, 0.29) is 19.4 Å². The van der Waals surface area contributed by atoms with Crippen molar-refractivity contribution in [3.05, 3.63) is 107 Å². The van der Waals surface area contributed by atoms with Crippen LogP contribution >= 0.6 is 0 Å². The van der Waals surface area contributed by atoms with Gasteiger partial charge < -0.3 is 25.0 Å². The van der Waals surface area contributed by atoms with Gasteiger partial charge in [0.15, 0.2) is 0 Å². The summed E-state index contributed by atoms with van der Waals surface area (Å²) in [6, 6.07) is 21.2. The Labute approximate surface area is 285 Å². The number of hydrogen-bond donors (Lipinski definition) is 2. The summed E-state index contributed by atoms with van der Waals surface area (Å²) in [6.07, 6.45) is -0.378. The molecule has 0 fully saturated rings. The van der Waals surface area contributed by atoms with Crippen molar-refractivity contribution < 1.29 is 28.7 Å². The third kappa shape index (κ3) is 11.2. The van der Waals surface area contributed by atoms with E-state index in [0.29, 0.717) is 5.56 Å². The number of carbonyl (C=O) groups excluding carboxylic acids is 4. The first kappa shape index (κ1) is 37.8. The molecule has 0 aliphatic rings. The molecule has 0 bridgehead atoms. The third-order valence-corrected chi connectivity index (χ3v) is 7.56. The number of carbonyl (C=O) groups is 4. The molecule has 0 saturated heterocycles. The van der Waals surface area contributed by atoms with Gasteiger partial charge in [0.1, 0.15) is 29.3 Å². The monoisotopic (exact) mass is 657 g/mol. The first-order chi connectivity index (χ1) is 22.5. The second-order valence-electron chi connectivity index (χ2n) is 14.0. The fourth-order valence-electron chi connectivity index (χ4n) is 5.52. The summed E-state index contributed by atoms with van der Waals surface area (Å²) < 4.78 is 11.3. The van der Waals surface area contributed by atoms with E-state index in [1.54, 1.807) is 48.5 Å². The Morgan fingerprint density at radius 1 is 0.667 bits per heavy atom. The molecule has 2 N–H and O–H groups in total. The molecule has 9 heteroatoms. The van der Waals surface area contributed by atoms with Crippen LogP contribution in [0, 0.1) is 13.8 Å². The SMILES string of the molecule is CCN(C(=O)C(Cc1ccccc1)NC(=O)OC(C)(C)C)C(C(=O)NC(Cc1ccccc1)C(=O)OC(C)(C)C)c1c(C)cccc1C. The lowest BCUT2D eigenvalue weighted by atomic mass is 9.92. The zero-order valence-electron chi connectivity index (χ0n) is 29.8. The Balaban J connectivity index is 2.09. The molecule has 0 radical (unpaired) electrons. The Morgan fingerprint density at radius 2 is 1.15 bits per heavy atom. The first-order valence-corrected chi connectivity index (χ1v) is 16.5. The average molecular weight is 658 g/mol. The molecule has 0 heterocycles. The minimum Gasteiger partial charge on any atom is -0.458 e. The number of likely N-dealkylation sites (N-methyl/N-ethyl adjacent to an activating group) is 1. The van der Waals surface area contributed by atoms with Crippen molar-refractivity contribution in [2.45, 2.75) is 104 Å². The Kier molecular flexibility index (Phi) is 12.9. The van der Waals surface area contributed by atoms with E-state index in [9.17, 15) is 19.2 Å². The number of alkyl carbamates (subject to hydrolysis) is 1. The summed E-state index contributed by atoms with van der Waals surface area (Å²) in [6.45, 7) is 16.3. The third-order valence-electron chi connectivity index (χ3n) is 7.56. The van der Waals surface area contributed by atoms with Crippen molar-refractivity contribution in [2.75, 3.05) is 6.54 Å². The van der Waals surface area contributed by atoms with Crippen molar-refractivity contribution in [3.63, 3.8) is 0 Å². The second-order valence-corrected chi connectivity index (χ2v) is 14.0. The molecule has 0 spiro atoms. The molecule has 0 aliphatic heterocycles. The predicted molar refractivity (Wildman–Crippen MR) is 187 cm³/mol. The molecule has 9 nitrogen and oxygen atoms in total. The van der Waals surface area contributed by atoms with Gasteiger partial charge in [-0.3, -0.25) is 9.59 Å². The van der Waals surface area contributed by atoms with E-state index in [1.165, 1.54) is 4.90 Å². The zero-order chi connectivity index (χ0) is 35.6. The van der Waals surface area contributed by atoms with Gasteiger partial charge >= 0.3 is 12.1 Å². The van der Waals surface area contributed by atoms with Gasteiger partial charge in [0.2, 0.25) is 11.8 Å². The number of nitrogens with zero attached hydrogens (tertiary/aromatic N) is 1. The smallest absolute Gasteiger partial charge is 0.408 e. The summed E-state index contributed by atoms with van der Waals surface area (Å²) >= 11 is 0. The highest BCUT2D eigenvalue weighted by Gasteiger charge is 2.39. The van der Waals surface area contributed by atoms with Crippen molar-refractivity contribution in [2.24, 2.45) is 0 Å². The van der Waals surface area contributed by atoms with Gasteiger partial charge in [0.25, 0.3) is 0 Å². The average Bonchev–Trinajstić information content (AvgIpc) is 2.99. The van der Waals surface area contributed by atoms with Gasteiger partial charge in [-0.2, -0.15) is 0 Å². The summed E-state index contributed by atoms with van der Waals surface area (Å²) in [7, 11) is 0. The molecule has 0 saturated carbocycles. The van der Waals surface area contributed by atoms with Crippen LogP contribution in [0.5, 0.6) is 0 Å².